The van der Waals surface area contributed by atoms with Gasteiger partial charge >= 0.3 is 5.97 Å². The molecule has 0 unspecified atom stereocenters. The monoisotopic (exact) mass is 413 g/mol. The van der Waals surface area contributed by atoms with E-state index in [0.717, 1.165) is 39.0 Å². The summed E-state index contributed by atoms with van der Waals surface area (Å²) in [4.78, 5) is 32.0. The first-order valence-electron chi connectivity index (χ1n) is 9.96. The van der Waals surface area contributed by atoms with Gasteiger partial charge in [-0.15, -0.1) is 0 Å². The molecule has 31 heavy (non-hydrogen) atoms. The number of rotatable bonds is 4. The molecule has 6 heteroatoms. The Morgan fingerprint density at radius 1 is 0.839 bits per heavy atom. The molecule has 0 atom stereocenters. The van der Waals surface area contributed by atoms with Crippen molar-refractivity contribution in [3.05, 3.63) is 81.9 Å². The van der Waals surface area contributed by atoms with Gasteiger partial charge in [-0.2, -0.15) is 0 Å². The fourth-order valence-electron chi connectivity index (χ4n) is 3.75. The smallest absolute Gasteiger partial charge is 0.335 e. The lowest BCUT2D eigenvalue weighted by Gasteiger charge is -2.08. The summed E-state index contributed by atoms with van der Waals surface area (Å²) in [5.41, 5.74) is 7.80. The van der Waals surface area contributed by atoms with Gasteiger partial charge in [0.25, 0.3) is 5.91 Å². The highest BCUT2D eigenvalue weighted by Crippen LogP contribution is 2.29. The number of imidazole rings is 1. The predicted octanol–water partition coefficient (Wildman–Crippen LogP) is 5.41. The van der Waals surface area contributed by atoms with Crippen LogP contribution < -0.4 is 5.32 Å². The summed E-state index contributed by atoms with van der Waals surface area (Å²) in [5, 5.41) is 12.2. The van der Waals surface area contributed by atoms with E-state index in [2.05, 4.69) is 15.3 Å². The zero-order valence-corrected chi connectivity index (χ0v) is 17.8. The molecule has 0 fully saturated rings. The van der Waals surface area contributed by atoms with E-state index >= 15 is 0 Å². The molecule has 1 heterocycles. The Labute approximate surface area is 180 Å². The molecule has 4 rings (SSSR count). The van der Waals surface area contributed by atoms with Gasteiger partial charge in [0, 0.05) is 16.8 Å². The number of hydrogen-bond acceptors (Lipinski definition) is 3. The Balaban J connectivity index is 1.66. The topological polar surface area (TPSA) is 95.1 Å². The number of amides is 1. The van der Waals surface area contributed by atoms with Crippen molar-refractivity contribution in [2.75, 3.05) is 5.32 Å². The molecule has 0 saturated heterocycles. The Kier molecular flexibility index (Phi) is 5.07. The lowest BCUT2D eigenvalue weighted by Crippen LogP contribution is -2.11. The van der Waals surface area contributed by atoms with E-state index < -0.39 is 5.97 Å². The van der Waals surface area contributed by atoms with E-state index in [9.17, 15) is 14.7 Å². The number of hydrogen-bond donors (Lipinski definition) is 3. The number of aromatic carboxylic acids is 1. The summed E-state index contributed by atoms with van der Waals surface area (Å²) in [6.07, 6.45) is 0. The van der Waals surface area contributed by atoms with Crippen LogP contribution in [0, 0.1) is 27.7 Å². The number of carboxylic acid groups (broad SMARTS) is 1. The fourth-order valence-corrected chi connectivity index (χ4v) is 3.75. The van der Waals surface area contributed by atoms with Gasteiger partial charge in [-0.05, 0) is 92.4 Å². The van der Waals surface area contributed by atoms with Crippen molar-refractivity contribution in [3.63, 3.8) is 0 Å². The molecule has 0 aliphatic heterocycles. The standard InChI is InChI=1S/C25H23N3O3/c1-13-5-7-19(11-14(13)2)26-24(29)17-6-8-20-21(12-17)28-23(27-20)22-15(3)9-18(25(30)31)10-16(22)4/h5-12H,1-4H3,(H,26,29)(H,27,28)(H,30,31). The number of fused-ring (bicyclic) bond motifs is 1. The van der Waals surface area contributed by atoms with Crippen molar-refractivity contribution in [2.24, 2.45) is 0 Å². The third-order valence-electron chi connectivity index (χ3n) is 5.53. The number of carbonyl (C=O) groups is 2. The van der Waals surface area contributed by atoms with Crippen LogP contribution in [0.4, 0.5) is 5.69 Å². The number of carboxylic acids is 1. The predicted molar refractivity (Wildman–Crippen MR) is 122 cm³/mol. The van der Waals surface area contributed by atoms with Crippen LogP contribution in [-0.2, 0) is 0 Å². The van der Waals surface area contributed by atoms with Gasteiger partial charge in [0.2, 0.25) is 0 Å². The van der Waals surface area contributed by atoms with Gasteiger partial charge in [0.1, 0.15) is 5.82 Å². The molecule has 1 amide bonds. The van der Waals surface area contributed by atoms with Gasteiger partial charge in [0.15, 0.2) is 0 Å². The second kappa shape index (κ2) is 7.72. The SMILES string of the molecule is Cc1ccc(NC(=O)c2ccc3nc(-c4c(C)cc(C(=O)O)cc4C)[nH]c3c2)cc1C. The van der Waals surface area contributed by atoms with Crippen molar-refractivity contribution in [1.29, 1.82) is 0 Å². The number of anilines is 1. The van der Waals surface area contributed by atoms with Gasteiger partial charge < -0.3 is 15.4 Å². The Bertz CT molecular complexity index is 1330. The number of carbonyl (C=O) groups excluding carboxylic acids is 1. The minimum Gasteiger partial charge on any atom is -0.478 e. The second-order valence-corrected chi connectivity index (χ2v) is 7.86. The summed E-state index contributed by atoms with van der Waals surface area (Å²) in [6.45, 7) is 7.77. The van der Waals surface area contributed by atoms with Crippen molar-refractivity contribution in [2.45, 2.75) is 27.7 Å². The van der Waals surface area contributed by atoms with Gasteiger partial charge in [-0.1, -0.05) is 6.07 Å². The Morgan fingerprint density at radius 3 is 2.19 bits per heavy atom. The number of aromatic nitrogens is 2. The molecule has 0 spiro atoms. The van der Waals surface area contributed by atoms with Crippen LogP contribution in [0.25, 0.3) is 22.4 Å². The highest BCUT2D eigenvalue weighted by molar-refractivity contribution is 6.06. The van der Waals surface area contributed by atoms with Gasteiger partial charge in [-0.3, -0.25) is 4.79 Å². The molecule has 4 aromatic rings. The minimum atomic E-state index is -0.957. The van der Waals surface area contributed by atoms with E-state index in [4.69, 9.17) is 0 Å². The number of aryl methyl sites for hydroxylation is 4. The van der Waals surface area contributed by atoms with Crippen molar-refractivity contribution >= 4 is 28.6 Å². The van der Waals surface area contributed by atoms with Gasteiger partial charge in [-0.25, -0.2) is 9.78 Å². The second-order valence-electron chi connectivity index (χ2n) is 7.86. The molecule has 0 saturated carbocycles. The summed E-state index contributed by atoms with van der Waals surface area (Å²) in [5.74, 6) is -0.505. The summed E-state index contributed by atoms with van der Waals surface area (Å²) in [7, 11) is 0. The molecule has 0 bridgehead atoms. The summed E-state index contributed by atoms with van der Waals surface area (Å²) < 4.78 is 0. The highest BCUT2D eigenvalue weighted by Gasteiger charge is 2.15. The minimum absolute atomic E-state index is 0.195. The lowest BCUT2D eigenvalue weighted by molar-refractivity contribution is 0.0696. The van der Waals surface area contributed by atoms with Crippen molar-refractivity contribution < 1.29 is 14.7 Å². The van der Waals surface area contributed by atoms with Crippen LogP contribution in [0.15, 0.2) is 48.5 Å². The van der Waals surface area contributed by atoms with Crippen LogP contribution in [0.5, 0.6) is 0 Å². The maximum absolute atomic E-state index is 12.7. The van der Waals surface area contributed by atoms with Crippen LogP contribution >= 0.6 is 0 Å². The number of H-pyrrole nitrogens is 1. The fraction of sp³-hybridized carbons (Fsp3) is 0.160. The molecule has 1 aromatic heterocycles. The molecule has 6 nitrogen and oxygen atoms in total. The number of aromatic amines is 1. The molecule has 3 N–H and O–H groups in total. The summed E-state index contributed by atoms with van der Waals surface area (Å²) >= 11 is 0. The number of nitrogens with one attached hydrogen (secondary N) is 2. The van der Waals surface area contributed by atoms with Gasteiger partial charge in [0.05, 0.1) is 16.6 Å². The first-order chi connectivity index (χ1) is 14.7. The van der Waals surface area contributed by atoms with E-state index in [1.165, 1.54) is 5.56 Å². The number of nitrogens with zero attached hydrogens (tertiary/aromatic N) is 1. The van der Waals surface area contributed by atoms with Crippen LogP contribution in [0.1, 0.15) is 43.0 Å². The zero-order valence-electron chi connectivity index (χ0n) is 17.8. The third-order valence-corrected chi connectivity index (χ3v) is 5.53. The van der Waals surface area contributed by atoms with Crippen LogP contribution in [-0.4, -0.2) is 27.0 Å². The summed E-state index contributed by atoms with van der Waals surface area (Å²) in [6, 6.07) is 14.4. The Hall–Kier alpha value is -3.93. The average Bonchev–Trinajstić information content (AvgIpc) is 3.12. The highest BCUT2D eigenvalue weighted by atomic mass is 16.4. The van der Waals surface area contributed by atoms with E-state index in [1.54, 1.807) is 30.3 Å². The largest absolute Gasteiger partial charge is 0.478 e. The Morgan fingerprint density at radius 2 is 1.55 bits per heavy atom. The lowest BCUT2D eigenvalue weighted by atomic mass is 9.99. The molecule has 156 valence electrons. The van der Waals surface area contributed by atoms with Crippen molar-refractivity contribution in [3.8, 4) is 11.4 Å². The quantitative estimate of drug-likeness (QED) is 0.417. The molecular formula is C25H23N3O3. The van der Waals surface area contributed by atoms with Crippen LogP contribution in [0.3, 0.4) is 0 Å². The van der Waals surface area contributed by atoms with Crippen LogP contribution in [0.2, 0.25) is 0 Å². The normalized spacial score (nSPS) is 11.0. The molecule has 0 aliphatic carbocycles. The maximum Gasteiger partial charge on any atom is 0.335 e. The third kappa shape index (κ3) is 3.92. The van der Waals surface area contributed by atoms with E-state index in [-0.39, 0.29) is 11.5 Å². The average molecular weight is 413 g/mol. The first kappa shape index (κ1) is 20.3. The number of benzene rings is 3. The molecule has 0 radical (unpaired) electrons. The maximum atomic E-state index is 12.7. The molecular weight excluding hydrogens is 390 g/mol. The van der Waals surface area contributed by atoms with E-state index in [1.807, 2.05) is 45.9 Å². The first-order valence-corrected chi connectivity index (χ1v) is 9.96. The molecule has 0 aliphatic rings. The molecule has 3 aromatic carbocycles. The van der Waals surface area contributed by atoms with Crippen molar-refractivity contribution in [1.82, 2.24) is 9.97 Å². The zero-order chi connectivity index (χ0) is 22.3. The van der Waals surface area contributed by atoms with E-state index in [0.29, 0.717) is 11.4 Å².